The molecule has 1 aliphatic heterocycles. The summed E-state index contributed by atoms with van der Waals surface area (Å²) >= 11 is 0. The van der Waals surface area contributed by atoms with Crippen molar-refractivity contribution in [2.75, 3.05) is 19.6 Å². The molecule has 0 saturated carbocycles. The number of hydrogen-bond acceptors (Lipinski definition) is 6. The second-order valence-electron chi connectivity index (χ2n) is 4.52. The lowest BCUT2D eigenvalue weighted by Crippen LogP contribution is -2.49. The zero-order chi connectivity index (χ0) is 12.4. The second kappa shape index (κ2) is 4.91. The second-order valence-corrected chi connectivity index (χ2v) is 4.52. The maximum atomic E-state index is 5.22. The van der Waals surface area contributed by atoms with Crippen molar-refractivity contribution in [3.05, 3.63) is 24.2 Å². The van der Waals surface area contributed by atoms with Crippen LogP contribution < -0.4 is 5.32 Å². The summed E-state index contributed by atoms with van der Waals surface area (Å²) in [6.45, 7) is 5.93. The molecule has 0 unspecified atom stereocenters. The van der Waals surface area contributed by atoms with Crippen molar-refractivity contribution in [3.8, 4) is 11.7 Å². The Morgan fingerprint density at radius 2 is 2.50 bits per heavy atom. The van der Waals surface area contributed by atoms with Gasteiger partial charge in [0.15, 0.2) is 11.6 Å². The Morgan fingerprint density at radius 3 is 3.28 bits per heavy atom. The van der Waals surface area contributed by atoms with Gasteiger partial charge in [0, 0.05) is 25.7 Å². The van der Waals surface area contributed by atoms with Gasteiger partial charge in [-0.2, -0.15) is 4.98 Å². The minimum atomic E-state index is 0.442. The minimum absolute atomic E-state index is 0.442. The third-order valence-electron chi connectivity index (χ3n) is 3.18. The molecular weight excluding hydrogens is 232 g/mol. The fourth-order valence-corrected chi connectivity index (χ4v) is 2.12. The summed E-state index contributed by atoms with van der Waals surface area (Å²) in [6.07, 6.45) is 1.59. The minimum Gasteiger partial charge on any atom is -0.459 e. The average molecular weight is 248 g/mol. The third-order valence-corrected chi connectivity index (χ3v) is 3.18. The predicted octanol–water partition coefficient (Wildman–Crippen LogP) is 1.12. The van der Waals surface area contributed by atoms with Crippen LogP contribution in [0.1, 0.15) is 12.7 Å². The van der Waals surface area contributed by atoms with E-state index >= 15 is 0 Å². The van der Waals surface area contributed by atoms with Crippen molar-refractivity contribution < 1.29 is 8.94 Å². The van der Waals surface area contributed by atoms with Gasteiger partial charge < -0.3 is 14.3 Å². The number of hydrogen-bond donors (Lipinski definition) is 1. The zero-order valence-corrected chi connectivity index (χ0v) is 10.3. The Kier molecular flexibility index (Phi) is 3.12. The van der Waals surface area contributed by atoms with Crippen LogP contribution in [-0.2, 0) is 6.54 Å². The van der Waals surface area contributed by atoms with Gasteiger partial charge in [0.2, 0.25) is 0 Å². The van der Waals surface area contributed by atoms with E-state index in [0.717, 1.165) is 19.6 Å². The highest BCUT2D eigenvalue weighted by Crippen LogP contribution is 2.18. The molecule has 6 nitrogen and oxygen atoms in total. The Hall–Kier alpha value is -1.66. The van der Waals surface area contributed by atoms with Crippen molar-refractivity contribution in [2.45, 2.75) is 19.5 Å². The molecule has 0 bridgehead atoms. The van der Waals surface area contributed by atoms with Crippen molar-refractivity contribution >= 4 is 0 Å². The first-order valence-corrected chi connectivity index (χ1v) is 6.14. The highest BCUT2D eigenvalue weighted by Gasteiger charge is 2.20. The number of furan rings is 1. The van der Waals surface area contributed by atoms with Gasteiger partial charge >= 0.3 is 0 Å². The van der Waals surface area contributed by atoms with Gasteiger partial charge in [-0.1, -0.05) is 5.16 Å². The van der Waals surface area contributed by atoms with Crippen LogP contribution in [0.5, 0.6) is 0 Å². The van der Waals surface area contributed by atoms with Crippen LogP contribution in [0.2, 0.25) is 0 Å². The van der Waals surface area contributed by atoms with Crippen LogP contribution in [0.15, 0.2) is 27.3 Å². The number of aromatic nitrogens is 2. The lowest BCUT2D eigenvalue weighted by Gasteiger charge is -2.32. The molecule has 0 amide bonds. The smallest absolute Gasteiger partial charge is 0.293 e. The number of rotatable bonds is 3. The van der Waals surface area contributed by atoms with E-state index in [-0.39, 0.29) is 0 Å². The van der Waals surface area contributed by atoms with Crippen molar-refractivity contribution in [1.29, 1.82) is 0 Å². The SMILES string of the molecule is C[C@H]1CNCCN1Cc1noc(-c2ccco2)n1. The molecule has 1 N–H and O–H groups in total. The molecule has 96 valence electrons. The summed E-state index contributed by atoms with van der Waals surface area (Å²) in [7, 11) is 0. The molecule has 18 heavy (non-hydrogen) atoms. The molecule has 0 radical (unpaired) electrons. The van der Waals surface area contributed by atoms with E-state index in [4.69, 9.17) is 8.94 Å². The first-order valence-electron chi connectivity index (χ1n) is 6.14. The summed E-state index contributed by atoms with van der Waals surface area (Å²) in [5.74, 6) is 1.76. The molecule has 1 saturated heterocycles. The Balaban J connectivity index is 1.70. The maximum absolute atomic E-state index is 5.22. The van der Waals surface area contributed by atoms with Crippen LogP contribution in [-0.4, -0.2) is 40.7 Å². The maximum Gasteiger partial charge on any atom is 0.293 e. The first kappa shape index (κ1) is 11.4. The predicted molar refractivity (Wildman–Crippen MR) is 64.7 cm³/mol. The standard InChI is InChI=1S/C12H16N4O2/c1-9-7-13-4-5-16(9)8-11-14-12(18-15-11)10-3-2-6-17-10/h2-3,6,9,13H,4-5,7-8H2,1H3/t9-/m0/s1. The molecule has 6 heteroatoms. The molecule has 2 aromatic rings. The summed E-state index contributed by atoms with van der Waals surface area (Å²) in [6, 6.07) is 4.10. The highest BCUT2D eigenvalue weighted by molar-refractivity contribution is 5.42. The van der Waals surface area contributed by atoms with E-state index in [2.05, 4.69) is 27.3 Å². The Labute approximate surface area is 105 Å². The fourth-order valence-electron chi connectivity index (χ4n) is 2.12. The van der Waals surface area contributed by atoms with Crippen LogP contribution in [0.25, 0.3) is 11.7 Å². The fraction of sp³-hybridized carbons (Fsp3) is 0.500. The molecule has 1 atom stereocenters. The van der Waals surface area contributed by atoms with Crippen LogP contribution in [0.4, 0.5) is 0 Å². The molecule has 3 heterocycles. The van der Waals surface area contributed by atoms with Gasteiger partial charge in [0.1, 0.15) is 0 Å². The van der Waals surface area contributed by atoms with Crippen LogP contribution in [0, 0.1) is 0 Å². The largest absolute Gasteiger partial charge is 0.459 e. The van der Waals surface area contributed by atoms with Crippen molar-refractivity contribution in [3.63, 3.8) is 0 Å². The molecule has 1 fully saturated rings. The van der Waals surface area contributed by atoms with Gasteiger partial charge in [-0.3, -0.25) is 4.90 Å². The molecule has 3 rings (SSSR count). The summed E-state index contributed by atoms with van der Waals surface area (Å²) < 4.78 is 10.4. The number of piperazine rings is 1. The zero-order valence-electron chi connectivity index (χ0n) is 10.3. The van der Waals surface area contributed by atoms with Gasteiger partial charge in [-0.15, -0.1) is 0 Å². The van der Waals surface area contributed by atoms with Crippen molar-refractivity contribution in [2.24, 2.45) is 0 Å². The molecule has 1 aliphatic rings. The number of nitrogens with one attached hydrogen (secondary N) is 1. The Morgan fingerprint density at radius 1 is 1.56 bits per heavy atom. The molecule has 0 aromatic carbocycles. The normalized spacial score (nSPS) is 21.3. The van der Waals surface area contributed by atoms with E-state index in [1.54, 1.807) is 12.3 Å². The average Bonchev–Trinajstić information content (AvgIpc) is 3.02. The van der Waals surface area contributed by atoms with Gasteiger partial charge in [0.25, 0.3) is 5.89 Å². The third kappa shape index (κ3) is 2.30. The molecular formula is C12H16N4O2. The van der Waals surface area contributed by atoms with Gasteiger partial charge in [0.05, 0.1) is 12.8 Å². The van der Waals surface area contributed by atoms with E-state index in [1.165, 1.54) is 0 Å². The molecule has 0 aliphatic carbocycles. The molecule has 2 aromatic heterocycles. The quantitative estimate of drug-likeness (QED) is 0.878. The summed E-state index contributed by atoms with van der Waals surface area (Å²) in [5, 5.41) is 7.35. The van der Waals surface area contributed by atoms with Crippen LogP contribution in [0.3, 0.4) is 0 Å². The summed E-state index contributed by atoms with van der Waals surface area (Å²) in [4.78, 5) is 6.69. The lowest BCUT2D eigenvalue weighted by molar-refractivity contribution is 0.160. The lowest BCUT2D eigenvalue weighted by atomic mass is 10.2. The van der Waals surface area contributed by atoms with Gasteiger partial charge in [-0.05, 0) is 19.1 Å². The highest BCUT2D eigenvalue weighted by atomic mass is 16.5. The Bertz CT molecular complexity index is 494. The summed E-state index contributed by atoms with van der Waals surface area (Å²) in [5.41, 5.74) is 0. The van der Waals surface area contributed by atoms with E-state index in [0.29, 0.717) is 30.1 Å². The molecule has 0 spiro atoms. The van der Waals surface area contributed by atoms with Crippen LogP contribution >= 0.6 is 0 Å². The van der Waals surface area contributed by atoms with Gasteiger partial charge in [-0.25, -0.2) is 0 Å². The monoisotopic (exact) mass is 248 g/mol. The topological polar surface area (TPSA) is 67.3 Å². The van der Waals surface area contributed by atoms with E-state index < -0.39 is 0 Å². The van der Waals surface area contributed by atoms with E-state index in [1.807, 2.05) is 6.07 Å². The first-order chi connectivity index (χ1) is 8.83. The van der Waals surface area contributed by atoms with E-state index in [9.17, 15) is 0 Å². The van der Waals surface area contributed by atoms with Crippen molar-refractivity contribution in [1.82, 2.24) is 20.4 Å². The number of nitrogens with zero attached hydrogens (tertiary/aromatic N) is 3.